The summed E-state index contributed by atoms with van der Waals surface area (Å²) in [6.45, 7) is 6.97. The fraction of sp³-hybridized carbons (Fsp3) is 0.360. The Morgan fingerprint density at radius 3 is 2.36 bits per heavy atom. The topological polar surface area (TPSA) is 83.4 Å². The van der Waals surface area contributed by atoms with Crippen LogP contribution in [0.3, 0.4) is 0 Å². The van der Waals surface area contributed by atoms with Crippen molar-refractivity contribution in [3.05, 3.63) is 65.7 Å². The molecule has 0 atom stereocenters. The summed E-state index contributed by atoms with van der Waals surface area (Å²) in [5.74, 6) is 0. The molecule has 6 nitrogen and oxygen atoms in total. The van der Waals surface area contributed by atoms with Gasteiger partial charge in [0.1, 0.15) is 0 Å². The zero-order valence-corrected chi connectivity index (χ0v) is 20.6. The summed E-state index contributed by atoms with van der Waals surface area (Å²) in [6, 6.07) is 10.8. The Bertz CT molecular complexity index is 1260. The van der Waals surface area contributed by atoms with Crippen molar-refractivity contribution in [2.24, 2.45) is 0 Å². The third kappa shape index (κ3) is 5.11. The first kappa shape index (κ1) is 23.8. The first-order chi connectivity index (χ1) is 15.6. The van der Waals surface area contributed by atoms with Crippen LogP contribution in [0.2, 0.25) is 5.02 Å². The second-order valence-corrected chi connectivity index (χ2v) is 11.8. The summed E-state index contributed by atoms with van der Waals surface area (Å²) in [5, 5.41) is 10.0. The maximum atomic E-state index is 13.0. The van der Waals surface area contributed by atoms with E-state index in [9.17, 15) is 13.5 Å². The highest BCUT2D eigenvalue weighted by molar-refractivity contribution is 7.89. The molecule has 2 aromatic heterocycles. The molecular formula is C25H28ClN3O3S. The number of aliphatic hydroxyl groups excluding tert-OH is 1. The van der Waals surface area contributed by atoms with Crippen LogP contribution in [0, 0.1) is 0 Å². The Morgan fingerprint density at radius 2 is 1.70 bits per heavy atom. The number of hydrogen-bond donors (Lipinski definition) is 1. The number of hydrogen-bond acceptors (Lipinski definition) is 5. The van der Waals surface area contributed by atoms with Crippen molar-refractivity contribution >= 4 is 21.6 Å². The first-order valence-corrected chi connectivity index (χ1v) is 12.8. The highest BCUT2D eigenvalue weighted by atomic mass is 35.5. The first-order valence-electron chi connectivity index (χ1n) is 11.0. The average molecular weight is 486 g/mol. The number of rotatable bonds is 4. The van der Waals surface area contributed by atoms with Gasteiger partial charge in [0.05, 0.1) is 11.0 Å². The van der Waals surface area contributed by atoms with Crippen LogP contribution in [0.1, 0.15) is 39.3 Å². The highest BCUT2D eigenvalue weighted by Gasteiger charge is 2.29. The van der Waals surface area contributed by atoms with Crippen molar-refractivity contribution in [1.82, 2.24) is 14.3 Å². The lowest BCUT2D eigenvalue weighted by Crippen LogP contribution is -2.39. The van der Waals surface area contributed by atoms with Crippen molar-refractivity contribution in [2.75, 3.05) is 13.1 Å². The van der Waals surface area contributed by atoms with Gasteiger partial charge in [0.2, 0.25) is 10.0 Å². The number of aliphatic hydroxyl groups is 1. The van der Waals surface area contributed by atoms with E-state index in [1.165, 1.54) is 10.4 Å². The smallest absolute Gasteiger partial charge is 0.243 e. The minimum absolute atomic E-state index is 0.0713. The van der Waals surface area contributed by atoms with Gasteiger partial charge in [-0.2, -0.15) is 4.31 Å². The molecule has 1 N–H and O–H groups in total. The van der Waals surface area contributed by atoms with Crippen LogP contribution in [0.15, 0.2) is 59.9 Å². The highest BCUT2D eigenvalue weighted by Crippen LogP contribution is 2.34. The van der Waals surface area contributed by atoms with Gasteiger partial charge >= 0.3 is 0 Å². The van der Waals surface area contributed by atoms with Gasteiger partial charge in [-0.05, 0) is 48.7 Å². The molecule has 1 aliphatic rings. The van der Waals surface area contributed by atoms with Gasteiger partial charge in [-0.3, -0.25) is 9.97 Å². The molecule has 0 unspecified atom stereocenters. The molecule has 0 bridgehead atoms. The minimum atomic E-state index is -3.66. The number of pyridine rings is 2. The number of sulfonamides is 1. The van der Waals surface area contributed by atoms with Crippen molar-refractivity contribution in [3.8, 4) is 22.3 Å². The SMILES string of the molecule is CC(C)(C)c1cc(-c2cncc(-c3ccc(S(=O)(=O)N4CCC(O)CC4)cc3Cl)c2)ccn1. The number of halogens is 1. The normalized spacial score (nSPS) is 16.2. The Balaban J connectivity index is 1.65. The molecule has 1 aromatic carbocycles. The van der Waals surface area contributed by atoms with Crippen molar-refractivity contribution < 1.29 is 13.5 Å². The van der Waals surface area contributed by atoms with E-state index in [0.29, 0.717) is 36.5 Å². The summed E-state index contributed by atoms with van der Waals surface area (Å²) in [5.41, 5.74) is 4.37. The summed E-state index contributed by atoms with van der Waals surface area (Å²) < 4.78 is 27.4. The van der Waals surface area contributed by atoms with Crippen LogP contribution in [-0.4, -0.2) is 47.0 Å². The largest absolute Gasteiger partial charge is 0.393 e. The molecule has 3 heterocycles. The molecule has 1 fully saturated rings. The maximum Gasteiger partial charge on any atom is 0.243 e. The lowest BCUT2D eigenvalue weighted by Gasteiger charge is -2.28. The molecule has 0 spiro atoms. The van der Waals surface area contributed by atoms with Crippen LogP contribution in [0.25, 0.3) is 22.3 Å². The second-order valence-electron chi connectivity index (χ2n) is 9.42. The molecular weight excluding hydrogens is 458 g/mol. The molecule has 4 rings (SSSR count). The predicted molar refractivity (Wildman–Crippen MR) is 131 cm³/mol. The van der Waals surface area contributed by atoms with Gasteiger partial charge < -0.3 is 5.11 Å². The zero-order chi connectivity index (χ0) is 23.8. The van der Waals surface area contributed by atoms with E-state index in [2.05, 4.69) is 36.8 Å². The van der Waals surface area contributed by atoms with Gasteiger partial charge in [0.15, 0.2) is 0 Å². The molecule has 3 aromatic rings. The number of piperidine rings is 1. The molecule has 0 aliphatic carbocycles. The average Bonchev–Trinajstić information content (AvgIpc) is 2.79. The Kier molecular flexibility index (Phi) is 6.60. The number of benzene rings is 1. The lowest BCUT2D eigenvalue weighted by molar-refractivity contribution is 0.113. The molecule has 8 heteroatoms. The van der Waals surface area contributed by atoms with Gasteiger partial charge in [-0.15, -0.1) is 0 Å². The molecule has 1 aliphatic heterocycles. The van der Waals surface area contributed by atoms with Gasteiger partial charge in [0, 0.05) is 64.5 Å². The van der Waals surface area contributed by atoms with Crippen LogP contribution >= 0.6 is 11.6 Å². The fourth-order valence-electron chi connectivity index (χ4n) is 3.89. The molecule has 1 saturated heterocycles. The monoisotopic (exact) mass is 485 g/mol. The van der Waals surface area contributed by atoms with Crippen LogP contribution in [0.4, 0.5) is 0 Å². The van der Waals surface area contributed by atoms with Gasteiger partial charge in [-0.1, -0.05) is 38.4 Å². The zero-order valence-electron chi connectivity index (χ0n) is 19.0. The van der Waals surface area contributed by atoms with Crippen LogP contribution in [-0.2, 0) is 15.4 Å². The number of aromatic nitrogens is 2. The van der Waals surface area contributed by atoms with E-state index in [4.69, 9.17) is 11.6 Å². The minimum Gasteiger partial charge on any atom is -0.393 e. The van der Waals surface area contributed by atoms with Crippen molar-refractivity contribution in [3.63, 3.8) is 0 Å². The third-order valence-electron chi connectivity index (χ3n) is 5.91. The van der Waals surface area contributed by atoms with E-state index < -0.39 is 16.1 Å². The van der Waals surface area contributed by atoms with Crippen LogP contribution in [0.5, 0.6) is 0 Å². The molecule has 0 radical (unpaired) electrons. The number of nitrogens with zero attached hydrogens (tertiary/aromatic N) is 3. The lowest BCUT2D eigenvalue weighted by atomic mass is 9.90. The standard InChI is InChI=1S/C25H28ClN3O3S/c1-25(2,3)24-13-17(6-9-28-24)18-12-19(16-27-15-18)22-5-4-21(14-23(22)26)33(31,32)29-10-7-20(30)8-11-29/h4-6,9,12-16,20,30H,7-8,10-11H2,1-3H3. The summed E-state index contributed by atoms with van der Waals surface area (Å²) >= 11 is 6.55. The molecule has 174 valence electrons. The maximum absolute atomic E-state index is 13.0. The third-order valence-corrected chi connectivity index (χ3v) is 8.12. The predicted octanol–water partition coefficient (Wildman–Crippen LogP) is 4.91. The van der Waals surface area contributed by atoms with Crippen LogP contribution < -0.4 is 0 Å². The van der Waals surface area contributed by atoms with Crippen molar-refractivity contribution in [2.45, 2.75) is 50.0 Å². The van der Waals surface area contributed by atoms with E-state index >= 15 is 0 Å². The summed E-state index contributed by atoms with van der Waals surface area (Å²) in [6.07, 6.45) is 5.75. The van der Waals surface area contributed by atoms with E-state index in [0.717, 1.165) is 22.4 Å². The van der Waals surface area contributed by atoms with E-state index in [-0.39, 0.29) is 10.3 Å². The molecule has 33 heavy (non-hydrogen) atoms. The Morgan fingerprint density at radius 1 is 1.00 bits per heavy atom. The van der Waals surface area contributed by atoms with Gasteiger partial charge in [0.25, 0.3) is 0 Å². The van der Waals surface area contributed by atoms with E-state index in [1.807, 2.05) is 12.1 Å². The Hall–Kier alpha value is -2.32. The second kappa shape index (κ2) is 9.14. The molecule has 0 amide bonds. The molecule has 0 saturated carbocycles. The van der Waals surface area contributed by atoms with E-state index in [1.54, 1.807) is 30.7 Å². The van der Waals surface area contributed by atoms with Crippen molar-refractivity contribution in [1.29, 1.82) is 0 Å². The Labute approximate surface area is 200 Å². The quantitative estimate of drug-likeness (QED) is 0.567. The summed E-state index contributed by atoms with van der Waals surface area (Å²) in [4.78, 5) is 9.04. The van der Waals surface area contributed by atoms with Gasteiger partial charge in [-0.25, -0.2) is 8.42 Å². The summed E-state index contributed by atoms with van der Waals surface area (Å²) in [7, 11) is -3.66. The fourth-order valence-corrected chi connectivity index (χ4v) is 5.74.